The predicted molar refractivity (Wildman–Crippen MR) is 160 cm³/mol. The number of nitrogens with zero attached hydrogens (tertiary/aromatic N) is 2. The summed E-state index contributed by atoms with van der Waals surface area (Å²) in [5.41, 5.74) is 3.32. The molecule has 1 saturated heterocycles. The van der Waals surface area contributed by atoms with E-state index in [0.717, 1.165) is 16.7 Å². The van der Waals surface area contributed by atoms with Gasteiger partial charge in [-0.1, -0.05) is 36.4 Å². The first kappa shape index (κ1) is 29.2. The minimum Gasteiger partial charge on any atom is -0.507 e. The van der Waals surface area contributed by atoms with Crippen LogP contribution in [0.3, 0.4) is 0 Å². The summed E-state index contributed by atoms with van der Waals surface area (Å²) in [6.07, 6.45) is 3.26. The highest BCUT2D eigenvalue weighted by Crippen LogP contribution is 2.46. The van der Waals surface area contributed by atoms with Gasteiger partial charge in [0.2, 0.25) is 5.75 Å². The van der Waals surface area contributed by atoms with E-state index in [1.165, 1.54) is 26.2 Å². The second-order valence-electron chi connectivity index (χ2n) is 10.0. The molecular weight excluding hydrogens is 548 g/mol. The van der Waals surface area contributed by atoms with Gasteiger partial charge in [0.05, 0.1) is 32.9 Å². The number of likely N-dealkylation sites (tertiary alicyclic amines) is 1. The molecule has 2 heterocycles. The van der Waals surface area contributed by atoms with Gasteiger partial charge in [0, 0.05) is 24.5 Å². The molecule has 0 bridgehead atoms. The fourth-order valence-electron chi connectivity index (χ4n) is 5.19. The van der Waals surface area contributed by atoms with Gasteiger partial charge in [-0.25, -0.2) is 0 Å². The summed E-state index contributed by atoms with van der Waals surface area (Å²) in [6, 6.07) is 20.9. The number of ether oxygens (including phenoxy) is 4. The van der Waals surface area contributed by atoms with Crippen LogP contribution in [-0.4, -0.2) is 48.0 Å². The molecule has 43 heavy (non-hydrogen) atoms. The molecule has 0 aliphatic carbocycles. The van der Waals surface area contributed by atoms with Crippen molar-refractivity contribution in [3.8, 4) is 23.0 Å². The Balaban J connectivity index is 1.59. The minimum absolute atomic E-state index is 0.0551. The van der Waals surface area contributed by atoms with Crippen LogP contribution in [0.4, 0.5) is 0 Å². The monoisotopic (exact) mass is 580 g/mol. The lowest BCUT2D eigenvalue weighted by Gasteiger charge is -2.26. The van der Waals surface area contributed by atoms with E-state index in [1.54, 1.807) is 48.8 Å². The number of aryl methyl sites for hydroxylation is 1. The summed E-state index contributed by atoms with van der Waals surface area (Å²) in [6.45, 7) is 2.32. The van der Waals surface area contributed by atoms with Crippen molar-refractivity contribution in [3.05, 3.63) is 119 Å². The average molecular weight is 581 g/mol. The number of methoxy groups -OCH3 is 3. The number of hydrogen-bond acceptors (Lipinski definition) is 8. The molecule has 4 aromatic rings. The molecule has 0 spiro atoms. The second kappa shape index (κ2) is 12.7. The fraction of sp³-hybridized carbons (Fsp3) is 0.206. The zero-order valence-corrected chi connectivity index (χ0v) is 24.4. The lowest BCUT2D eigenvalue weighted by atomic mass is 9.94. The van der Waals surface area contributed by atoms with Crippen LogP contribution < -0.4 is 18.9 Å². The Hall–Kier alpha value is -5.31. The Morgan fingerprint density at radius 2 is 1.56 bits per heavy atom. The van der Waals surface area contributed by atoms with Crippen LogP contribution in [0.5, 0.6) is 23.0 Å². The second-order valence-corrected chi connectivity index (χ2v) is 10.0. The number of benzene rings is 3. The van der Waals surface area contributed by atoms with Crippen LogP contribution in [0.2, 0.25) is 0 Å². The Kier molecular flexibility index (Phi) is 8.61. The van der Waals surface area contributed by atoms with Crippen LogP contribution in [0.1, 0.15) is 33.9 Å². The van der Waals surface area contributed by atoms with Gasteiger partial charge in [-0.2, -0.15) is 0 Å². The third-order valence-electron chi connectivity index (χ3n) is 7.30. The van der Waals surface area contributed by atoms with Crippen molar-refractivity contribution >= 4 is 17.4 Å². The van der Waals surface area contributed by atoms with Crippen molar-refractivity contribution in [2.24, 2.45) is 0 Å². The number of rotatable bonds is 10. The van der Waals surface area contributed by atoms with Gasteiger partial charge >= 0.3 is 0 Å². The van der Waals surface area contributed by atoms with E-state index in [2.05, 4.69) is 4.98 Å². The van der Waals surface area contributed by atoms with Crippen molar-refractivity contribution in [3.63, 3.8) is 0 Å². The molecule has 3 aromatic carbocycles. The predicted octanol–water partition coefficient (Wildman–Crippen LogP) is 5.62. The number of carbonyl (C=O) groups excluding carboxylic acids is 2. The molecule has 1 aliphatic heterocycles. The van der Waals surface area contributed by atoms with E-state index in [1.807, 2.05) is 43.3 Å². The molecule has 1 aliphatic rings. The number of aliphatic hydroxyl groups excluding tert-OH is 1. The van der Waals surface area contributed by atoms with Gasteiger partial charge < -0.3 is 29.0 Å². The largest absolute Gasteiger partial charge is 0.507 e. The highest BCUT2D eigenvalue weighted by molar-refractivity contribution is 6.46. The lowest BCUT2D eigenvalue weighted by Crippen LogP contribution is -2.29. The van der Waals surface area contributed by atoms with E-state index < -0.39 is 17.7 Å². The van der Waals surface area contributed by atoms with Crippen LogP contribution >= 0.6 is 0 Å². The van der Waals surface area contributed by atoms with Crippen molar-refractivity contribution in [1.82, 2.24) is 9.88 Å². The number of aliphatic hydroxyl groups is 1. The lowest BCUT2D eigenvalue weighted by molar-refractivity contribution is -0.140. The highest BCUT2D eigenvalue weighted by atomic mass is 16.5. The molecule has 0 saturated carbocycles. The Labute approximate surface area is 249 Å². The van der Waals surface area contributed by atoms with Crippen LogP contribution in [0.25, 0.3) is 5.76 Å². The molecule has 1 N–H and O–H groups in total. The molecule has 220 valence electrons. The first-order chi connectivity index (χ1) is 20.9. The van der Waals surface area contributed by atoms with Crippen LogP contribution in [0, 0.1) is 6.92 Å². The average Bonchev–Trinajstić information content (AvgIpc) is 3.28. The van der Waals surface area contributed by atoms with Crippen molar-refractivity contribution in [2.45, 2.75) is 26.1 Å². The summed E-state index contributed by atoms with van der Waals surface area (Å²) >= 11 is 0. The van der Waals surface area contributed by atoms with Crippen molar-refractivity contribution in [2.75, 3.05) is 21.3 Å². The number of hydrogen-bond donors (Lipinski definition) is 1. The highest BCUT2D eigenvalue weighted by Gasteiger charge is 2.46. The van der Waals surface area contributed by atoms with Crippen LogP contribution in [0.15, 0.2) is 90.8 Å². The van der Waals surface area contributed by atoms with Gasteiger partial charge in [-0.15, -0.1) is 0 Å². The molecule has 0 radical (unpaired) electrons. The van der Waals surface area contributed by atoms with Gasteiger partial charge in [-0.3, -0.25) is 14.6 Å². The molecular formula is C34H32N2O7. The normalized spacial score (nSPS) is 15.8. The van der Waals surface area contributed by atoms with E-state index in [4.69, 9.17) is 18.9 Å². The number of aromatic nitrogens is 1. The van der Waals surface area contributed by atoms with E-state index in [9.17, 15) is 14.7 Å². The number of amides is 1. The van der Waals surface area contributed by atoms with E-state index in [0.29, 0.717) is 40.7 Å². The van der Waals surface area contributed by atoms with Gasteiger partial charge in [0.25, 0.3) is 11.7 Å². The first-order valence-corrected chi connectivity index (χ1v) is 13.6. The third kappa shape index (κ3) is 5.88. The van der Waals surface area contributed by atoms with Crippen molar-refractivity contribution in [1.29, 1.82) is 0 Å². The fourth-order valence-corrected chi connectivity index (χ4v) is 5.19. The van der Waals surface area contributed by atoms with Crippen molar-refractivity contribution < 1.29 is 33.6 Å². The Morgan fingerprint density at radius 3 is 2.16 bits per heavy atom. The number of carbonyl (C=O) groups is 2. The molecule has 5 rings (SSSR count). The maximum atomic E-state index is 13.6. The topological polar surface area (TPSA) is 107 Å². The first-order valence-electron chi connectivity index (χ1n) is 13.6. The molecule has 0 unspecified atom stereocenters. The number of ketones is 1. The number of Topliss-reactive ketones (excluding diaryl/α,β-unsaturated/α-hetero) is 1. The minimum atomic E-state index is -0.955. The van der Waals surface area contributed by atoms with Gasteiger partial charge in [-0.05, 0) is 65.6 Å². The molecule has 9 nitrogen and oxygen atoms in total. The summed E-state index contributed by atoms with van der Waals surface area (Å²) in [7, 11) is 4.46. The summed E-state index contributed by atoms with van der Waals surface area (Å²) in [5.74, 6) is -0.160. The maximum Gasteiger partial charge on any atom is 0.295 e. The SMILES string of the molecule is COc1cc([C@H]2C(=C(O)c3ccc(OCc4ccccc4)c(C)c3)C(=O)C(=O)N2Cc2cccnc2)cc(OC)c1OC. The number of pyridine rings is 1. The van der Waals surface area contributed by atoms with Gasteiger partial charge in [0.15, 0.2) is 11.5 Å². The third-order valence-corrected chi connectivity index (χ3v) is 7.30. The summed E-state index contributed by atoms with van der Waals surface area (Å²) in [4.78, 5) is 32.7. The van der Waals surface area contributed by atoms with E-state index in [-0.39, 0.29) is 17.9 Å². The molecule has 1 fully saturated rings. The standard InChI is InChI=1S/C34H32N2O7/c1-21-15-24(12-13-26(21)43-20-22-9-6-5-7-10-22)31(37)29-30(25-16-27(40-2)33(42-4)28(17-25)41-3)36(34(39)32(29)38)19-23-11-8-14-35-18-23/h5-18,30,37H,19-20H2,1-4H3/t30-/m0/s1. The smallest absolute Gasteiger partial charge is 0.295 e. The molecule has 1 atom stereocenters. The Bertz CT molecular complexity index is 1640. The molecule has 9 heteroatoms. The Morgan fingerprint density at radius 1 is 0.860 bits per heavy atom. The summed E-state index contributed by atoms with van der Waals surface area (Å²) < 4.78 is 22.6. The zero-order valence-electron chi connectivity index (χ0n) is 24.4. The van der Waals surface area contributed by atoms with Gasteiger partial charge in [0.1, 0.15) is 18.1 Å². The molecule has 1 amide bonds. The zero-order chi connectivity index (χ0) is 30.5. The van der Waals surface area contributed by atoms with Crippen LogP contribution in [-0.2, 0) is 22.7 Å². The quantitative estimate of drug-likeness (QED) is 0.146. The molecule has 1 aromatic heterocycles. The van der Waals surface area contributed by atoms with E-state index >= 15 is 0 Å². The maximum absolute atomic E-state index is 13.6. The summed E-state index contributed by atoms with van der Waals surface area (Å²) in [5, 5.41) is 11.6.